The third kappa shape index (κ3) is 3.00. The molecule has 0 saturated heterocycles. The topological polar surface area (TPSA) is 49.5 Å². The zero-order valence-electron chi connectivity index (χ0n) is 13.3. The van der Waals surface area contributed by atoms with Crippen molar-refractivity contribution in [3.63, 3.8) is 0 Å². The van der Waals surface area contributed by atoms with Gasteiger partial charge in [-0.15, -0.1) is 0 Å². The van der Waals surface area contributed by atoms with Crippen molar-refractivity contribution in [2.75, 3.05) is 7.05 Å². The average molecular weight is 323 g/mol. The molecular weight excluding hydrogens is 300 g/mol. The first kappa shape index (κ1) is 15.8. The molecule has 1 aliphatic rings. The molecule has 1 aliphatic carbocycles. The molecule has 0 unspecified atom stereocenters. The van der Waals surface area contributed by atoms with Gasteiger partial charge in [0.25, 0.3) is 0 Å². The maximum atomic E-state index is 10.0. The van der Waals surface area contributed by atoms with Crippen LogP contribution in [0, 0.1) is 0 Å². The van der Waals surface area contributed by atoms with Crippen LogP contribution in [0.15, 0.2) is 16.5 Å². The number of hydrogen-bond acceptors (Lipinski definition) is 4. The van der Waals surface area contributed by atoms with E-state index in [2.05, 4.69) is 30.8 Å². The van der Waals surface area contributed by atoms with E-state index in [4.69, 9.17) is 16.0 Å². The molecule has 1 aromatic heterocycles. The minimum absolute atomic E-state index is 0.219. The molecule has 22 heavy (non-hydrogen) atoms. The van der Waals surface area contributed by atoms with E-state index in [1.54, 1.807) is 0 Å². The van der Waals surface area contributed by atoms with Crippen molar-refractivity contribution in [1.82, 2.24) is 9.88 Å². The van der Waals surface area contributed by atoms with Crippen molar-refractivity contribution in [2.24, 2.45) is 0 Å². The van der Waals surface area contributed by atoms with Crippen LogP contribution >= 0.6 is 11.6 Å². The molecule has 1 fully saturated rings. The summed E-state index contributed by atoms with van der Waals surface area (Å²) in [5.74, 6) is 0.955. The van der Waals surface area contributed by atoms with Crippen molar-refractivity contribution >= 4 is 22.7 Å². The Bertz CT molecular complexity index is 668. The SMILES string of the molecule is CC(C)c1nc2cc(CN(C)[C@@H]3CCC[C@@H]3O)cc(Cl)c2o1. The minimum atomic E-state index is -0.219. The number of halogens is 1. The maximum Gasteiger partial charge on any atom is 0.198 e. The Balaban J connectivity index is 1.84. The lowest BCUT2D eigenvalue weighted by Crippen LogP contribution is -2.36. The fourth-order valence-electron chi connectivity index (χ4n) is 3.24. The highest BCUT2D eigenvalue weighted by Gasteiger charge is 2.28. The van der Waals surface area contributed by atoms with Gasteiger partial charge in [-0.1, -0.05) is 25.4 Å². The highest BCUT2D eigenvalue weighted by molar-refractivity contribution is 6.34. The predicted octanol–water partition coefficient (Wildman–Crippen LogP) is 3.95. The van der Waals surface area contributed by atoms with Crippen molar-refractivity contribution in [3.05, 3.63) is 28.6 Å². The summed E-state index contributed by atoms with van der Waals surface area (Å²) in [6.45, 7) is 4.85. The van der Waals surface area contributed by atoms with Crippen LogP contribution in [-0.2, 0) is 6.54 Å². The summed E-state index contributed by atoms with van der Waals surface area (Å²) in [4.78, 5) is 6.74. The second kappa shape index (κ2) is 6.19. The van der Waals surface area contributed by atoms with Crippen molar-refractivity contribution in [1.29, 1.82) is 0 Å². The minimum Gasteiger partial charge on any atom is -0.439 e. The number of rotatable bonds is 4. The van der Waals surface area contributed by atoms with Crippen molar-refractivity contribution in [3.8, 4) is 0 Å². The molecule has 3 rings (SSSR count). The fourth-order valence-corrected chi connectivity index (χ4v) is 3.52. The van der Waals surface area contributed by atoms with Crippen LogP contribution in [0.4, 0.5) is 0 Å². The van der Waals surface area contributed by atoms with E-state index in [9.17, 15) is 5.11 Å². The molecule has 1 N–H and O–H groups in total. The largest absolute Gasteiger partial charge is 0.439 e. The van der Waals surface area contributed by atoms with Crippen LogP contribution in [-0.4, -0.2) is 34.2 Å². The molecular formula is C17H23ClN2O2. The Hall–Kier alpha value is -1.10. The van der Waals surface area contributed by atoms with Gasteiger partial charge in [0, 0.05) is 18.5 Å². The number of aromatic nitrogens is 1. The molecule has 4 nitrogen and oxygen atoms in total. The number of aliphatic hydroxyl groups is 1. The summed E-state index contributed by atoms with van der Waals surface area (Å²) in [5, 5.41) is 10.6. The van der Waals surface area contributed by atoms with Crippen LogP contribution in [0.1, 0.15) is 50.5 Å². The van der Waals surface area contributed by atoms with Gasteiger partial charge in [0.05, 0.1) is 11.1 Å². The number of benzene rings is 1. The van der Waals surface area contributed by atoms with Gasteiger partial charge in [-0.2, -0.15) is 0 Å². The molecule has 2 aromatic rings. The van der Waals surface area contributed by atoms with Gasteiger partial charge in [0.1, 0.15) is 5.52 Å². The summed E-state index contributed by atoms with van der Waals surface area (Å²) in [7, 11) is 2.06. The lowest BCUT2D eigenvalue weighted by molar-refractivity contribution is 0.0825. The summed E-state index contributed by atoms with van der Waals surface area (Å²) in [6.07, 6.45) is 2.82. The predicted molar refractivity (Wildman–Crippen MR) is 88.2 cm³/mol. The van der Waals surface area contributed by atoms with Crippen molar-refractivity contribution < 1.29 is 9.52 Å². The Morgan fingerprint density at radius 3 is 2.82 bits per heavy atom. The third-order valence-corrected chi connectivity index (χ3v) is 4.74. The van der Waals surface area contributed by atoms with Gasteiger partial charge < -0.3 is 9.52 Å². The summed E-state index contributed by atoms with van der Waals surface area (Å²) in [5.41, 5.74) is 2.58. The molecule has 2 atom stereocenters. The Morgan fingerprint density at radius 2 is 2.18 bits per heavy atom. The second-order valence-corrected chi connectivity index (χ2v) is 7.02. The first-order valence-corrected chi connectivity index (χ1v) is 8.30. The highest BCUT2D eigenvalue weighted by atomic mass is 35.5. The number of oxazole rings is 1. The lowest BCUT2D eigenvalue weighted by atomic mass is 10.1. The number of nitrogens with zero attached hydrogens (tertiary/aromatic N) is 2. The van der Waals surface area contributed by atoms with E-state index in [-0.39, 0.29) is 18.1 Å². The molecule has 1 saturated carbocycles. The number of hydrogen-bond donors (Lipinski definition) is 1. The Kier molecular flexibility index (Phi) is 4.44. The van der Waals surface area contributed by atoms with Gasteiger partial charge in [0.15, 0.2) is 11.5 Å². The van der Waals surface area contributed by atoms with Crippen molar-refractivity contribution in [2.45, 2.75) is 57.7 Å². The molecule has 1 aromatic carbocycles. The molecule has 0 spiro atoms. The summed E-state index contributed by atoms with van der Waals surface area (Å²) in [6, 6.07) is 4.21. The molecule has 0 amide bonds. The van der Waals surface area contributed by atoms with E-state index in [1.807, 2.05) is 12.1 Å². The van der Waals surface area contributed by atoms with E-state index in [1.165, 1.54) is 0 Å². The zero-order chi connectivity index (χ0) is 15.9. The molecule has 0 bridgehead atoms. The van der Waals surface area contributed by atoms with Gasteiger partial charge in [-0.05, 0) is 44.0 Å². The standard InChI is InChI=1S/C17H23ClN2O2/c1-10(2)17-19-13-8-11(7-12(18)16(13)22-17)9-20(3)14-5-4-6-15(14)21/h7-8,10,14-15,21H,4-6,9H2,1-3H3/t14-,15+/m1/s1. The molecule has 0 aliphatic heterocycles. The van der Waals surface area contributed by atoms with E-state index in [0.717, 1.165) is 36.9 Å². The molecule has 1 heterocycles. The van der Waals surface area contributed by atoms with Gasteiger partial charge in [0.2, 0.25) is 0 Å². The average Bonchev–Trinajstić information content (AvgIpc) is 3.04. The third-order valence-electron chi connectivity index (χ3n) is 4.46. The molecule has 5 heteroatoms. The second-order valence-electron chi connectivity index (χ2n) is 6.61. The first-order valence-electron chi connectivity index (χ1n) is 7.93. The van der Waals surface area contributed by atoms with Crippen LogP contribution in [0.3, 0.4) is 0 Å². The summed E-state index contributed by atoms with van der Waals surface area (Å²) < 4.78 is 5.74. The maximum absolute atomic E-state index is 10.0. The first-order chi connectivity index (χ1) is 10.5. The quantitative estimate of drug-likeness (QED) is 0.926. The van der Waals surface area contributed by atoms with E-state index < -0.39 is 0 Å². The van der Waals surface area contributed by atoms with Crippen LogP contribution in [0.25, 0.3) is 11.1 Å². The van der Waals surface area contributed by atoms with Crippen LogP contribution < -0.4 is 0 Å². The number of aliphatic hydroxyl groups excluding tert-OH is 1. The van der Waals surface area contributed by atoms with E-state index in [0.29, 0.717) is 16.5 Å². The van der Waals surface area contributed by atoms with E-state index >= 15 is 0 Å². The Labute approximate surface area is 136 Å². The summed E-state index contributed by atoms with van der Waals surface area (Å²) >= 11 is 6.35. The Morgan fingerprint density at radius 1 is 1.41 bits per heavy atom. The number of fused-ring (bicyclic) bond motifs is 1. The molecule has 120 valence electrons. The molecule has 0 radical (unpaired) electrons. The van der Waals surface area contributed by atoms with Gasteiger partial charge >= 0.3 is 0 Å². The highest BCUT2D eigenvalue weighted by Crippen LogP contribution is 2.30. The van der Waals surface area contributed by atoms with Crippen LogP contribution in [0.5, 0.6) is 0 Å². The number of likely N-dealkylation sites (N-methyl/N-ethyl adjacent to an activating group) is 1. The van der Waals surface area contributed by atoms with Gasteiger partial charge in [-0.25, -0.2) is 4.98 Å². The fraction of sp³-hybridized carbons (Fsp3) is 0.588. The normalized spacial score (nSPS) is 22.3. The van der Waals surface area contributed by atoms with Gasteiger partial charge in [-0.3, -0.25) is 4.90 Å². The zero-order valence-corrected chi connectivity index (χ0v) is 14.1. The lowest BCUT2D eigenvalue weighted by Gasteiger charge is -2.27. The smallest absolute Gasteiger partial charge is 0.198 e. The monoisotopic (exact) mass is 322 g/mol. The van der Waals surface area contributed by atoms with Crippen LogP contribution in [0.2, 0.25) is 5.02 Å².